The summed E-state index contributed by atoms with van der Waals surface area (Å²) in [5.74, 6) is -1.22. The Morgan fingerprint density at radius 1 is 1.23 bits per heavy atom. The van der Waals surface area contributed by atoms with Crippen LogP contribution in [-0.4, -0.2) is 25.8 Å². The van der Waals surface area contributed by atoms with E-state index in [1.807, 2.05) is 0 Å². The summed E-state index contributed by atoms with van der Waals surface area (Å²) >= 11 is 0. The van der Waals surface area contributed by atoms with E-state index in [2.05, 4.69) is 4.72 Å². The standard InChI is InChI=1S/C15H22F2N2O2S/c1-11(14-10-12(16)8-9-15(14)17)18-22(20,21)19(2)13-6-4-3-5-7-13/h8-11,13,18H,3-7H2,1-2H3/t11-/m0/s1. The van der Waals surface area contributed by atoms with Crippen LogP contribution in [0.2, 0.25) is 0 Å². The molecule has 1 aromatic rings. The quantitative estimate of drug-likeness (QED) is 0.900. The van der Waals surface area contributed by atoms with Crippen molar-refractivity contribution in [3.05, 3.63) is 35.4 Å². The molecule has 4 nitrogen and oxygen atoms in total. The summed E-state index contributed by atoms with van der Waals surface area (Å²) in [4.78, 5) is 0. The Labute approximate surface area is 130 Å². The van der Waals surface area contributed by atoms with E-state index in [1.165, 1.54) is 18.3 Å². The molecule has 0 radical (unpaired) electrons. The summed E-state index contributed by atoms with van der Waals surface area (Å²) in [6.45, 7) is 1.50. The molecule has 1 atom stereocenters. The second-order valence-electron chi connectivity index (χ2n) is 5.82. The predicted molar refractivity (Wildman–Crippen MR) is 81.5 cm³/mol. The average Bonchev–Trinajstić information content (AvgIpc) is 2.49. The van der Waals surface area contributed by atoms with Gasteiger partial charge in [0.25, 0.3) is 10.2 Å². The molecule has 1 aliphatic carbocycles. The van der Waals surface area contributed by atoms with Gasteiger partial charge in [-0.05, 0) is 38.0 Å². The molecule has 0 spiro atoms. The van der Waals surface area contributed by atoms with Crippen molar-refractivity contribution in [1.29, 1.82) is 0 Å². The number of nitrogens with one attached hydrogen (secondary N) is 1. The fourth-order valence-electron chi connectivity index (χ4n) is 2.86. The Balaban J connectivity index is 2.11. The maximum Gasteiger partial charge on any atom is 0.279 e. The summed E-state index contributed by atoms with van der Waals surface area (Å²) in [6, 6.07) is 2.15. The Bertz CT molecular complexity index is 616. The van der Waals surface area contributed by atoms with Gasteiger partial charge in [-0.2, -0.15) is 17.4 Å². The number of hydrogen-bond donors (Lipinski definition) is 1. The summed E-state index contributed by atoms with van der Waals surface area (Å²) in [5.41, 5.74) is 0.000573. The van der Waals surface area contributed by atoms with E-state index < -0.39 is 27.9 Å². The second-order valence-corrected chi connectivity index (χ2v) is 7.58. The van der Waals surface area contributed by atoms with Gasteiger partial charge in [-0.15, -0.1) is 0 Å². The highest BCUT2D eigenvalue weighted by molar-refractivity contribution is 7.87. The van der Waals surface area contributed by atoms with Crippen molar-refractivity contribution < 1.29 is 17.2 Å². The van der Waals surface area contributed by atoms with E-state index in [1.54, 1.807) is 0 Å². The lowest BCUT2D eigenvalue weighted by Gasteiger charge is -2.31. The second kappa shape index (κ2) is 7.02. The molecule has 1 aromatic carbocycles. The first kappa shape index (κ1) is 17.3. The van der Waals surface area contributed by atoms with Crippen LogP contribution in [0.25, 0.3) is 0 Å². The highest BCUT2D eigenvalue weighted by Gasteiger charge is 2.29. The third-order valence-corrected chi connectivity index (χ3v) is 5.93. The lowest BCUT2D eigenvalue weighted by Crippen LogP contribution is -2.45. The number of rotatable bonds is 5. The van der Waals surface area contributed by atoms with E-state index in [-0.39, 0.29) is 11.6 Å². The first-order valence-electron chi connectivity index (χ1n) is 7.51. The molecule has 0 heterocycles. The first-order valence-corrected chi connectivity index (χ1v) is 8.95. The number of hydrogen-bond acceptors (Lipinski definition) is 2. The fourth-order valence-corrected chi connectivity index (χ4v) is 4.20. The average molecular weight is 332 g/mol. The Kier molecular flexibility index (Phi) is 5.52. The zero-order chi connectivity index (χ0) is 16.3. The minimum Gasteiger partial charge on any atom is -0.207 e. The van der Waals surface area contributed by atoms with Crippen molar-refractivity contribution in [1.82, 2.24) is 9.03 Å². The van der Waals surface area contributed by atoms with Crippen LogP contribution in [0.3, 0.4) is 0 Å². The molecular formula is C15H22F2N2O2S. The minimum atomic E-state index is -3.74. The van der Waals surface area contributed by atoms with Crippen molar-refractivity contribution in [2.24, 2.45) is 0 Å². The third-order valence-electron chi connectivity index (χ3n) is 4.22. The molecular weight excluding hydrogens is 310 g/mol. The monoisotopic (exact) mass is 332 g/mol. The Morgan fingerprint density at radius 3 is 2.50 bits per heavy atom. The van der Waals surface area contributed by atoms with Crippen LogP contribution >= 0.6 is 0 Å². The van der Waals surface area contributed by atoms with E-state index in [0.717, 1.165) is 50.3 Å². The van der Waals surface area contributed by atoms with E-state index in [0.29, 0.717) is 0 Å². The fraction of sp³-hybridized carbons (Fsp3) is 0.600. The zero-order valence-electron chi connectivity index (χ0n) is 12.9. The molecule has 22 heavy (non-hydrogen) atoms. The lowest BCUT2D eigenvalue weighted by molar-refractivity contribution is 0.281. The molecule has 1 fully saturated rings. The van der Waals surface area contributed by atoms with Gasteiger partial charge in [-0.1, -0.05) is 19.3 Å². The largest absolute Gasteiger partial charge is 0.279 e. The van der Waals surface area contributed by atoms with Gasteiger partial charge in [-0.3, -0.25) is 0 Å². The first-order chi connectivity index (χ1) is 10.3. The SMILES string of the molecule is C[C@H](NS(=O)(=O)N(C)C1CCCCC1)c1cc(F)ccc1F. The van der Waals surface area contributed by atoms with Gasteiger partial charge in [0.2, 0.25) is 0 Å². The molecule has 0 saturated heterocycles. The third kappa shape index (κ3) is 4.02. The van der Waals surface area contributed by atoms with Crippen LogP contribution in [-0.2, 0) is 10.2 Å². The van der Waals surface area contributed by atoms with E-state index >= 15 is 0 Å². The highest BCUT2D eigenvalue weighted by Crippen LogP contribution is 2.25. The van der Waals surface area contributed by atoms with Crippen LogP contribution in [0, 0.1) is 11.6 Å². The summed E-state index contributed by atoms with van der Waals surface area (Å²) in [6.07, 6.45) is 4.82. The molecule has 0 aromatic heterocycles. The molecule has 124 valence electrons. The summed E-state index contributed by atoms with van der Waals surface area (Å²) in [5, 5.41) is 0. The maximum atomic E-state index is 13.7. The van der Waals surface area contributed by atoms with Gasteiger partial charge in [0, 0.05) is 24.7 Å². The molecule has 0 aliphatic heterocycles. The highest BCUT2D eigenvalue weighted by atomic mass is 32.2. The number of nitrogens with zero attached hydrogens (tertiary/aromatic N) is 1. The topological polar surface area (TPSA) is 49.4 Å². The van der Waals surface area contributed by atoms with Gasteiger partial charge in [-0.25, -0.2) is 8.78 Å². The molecule has 0 unspecified atom stereocenters. The Hall–Kier alpha value is -1.05. The normalized spacial score (nSPS) is 18.6. The van der Waals surface area contributed by atoms with Crippen LogP contribution < -0.4 is 4.72 Å². The summed E-state index contributed by atoms with van der Waals surface area (Å²) < 4.78 is 55.5. The van der Waals surface area contributed by atoms with Gasteiger partial charge in [0.15, 0.2) is 0 Å². The molecule has 1 N–H and O–H groups in total. The van der Waals surface area contributed by atoms with Crippen LogP contribution in [0.5, 0.6) is 0 Å². The van der Waals surface area contributed by atoms with Crippen LogP contribution in [0.15, 0.2) is 18.2 Å². The maximum absolute atomic E-state index is 13.7. The van der Waals surface area contributed by atoms with Gasteiger partial charge >= 0.3 is 0 Å². The number of benzene rings is 1. The molecule has 0 amide bonds. The van der Waals surface area contributed by atoms with Crippen molar-refractivity contribution in [3.63, 3.8) is 0 Å². The summed E-state index contributed by atoms with van der Waals surface area (Å²) in [7, 11) is -2.21. The van der Waals surface area contributed by atoms with Crippen molar-refractivity contribution >= 4 is 10.2 Å². The predicted octanol–water partition coefficient (Wildman–Crippen LogP) is 3.12. The van der Waals surface area contributed by atoms with Gasteiger partial charge < -0.3 is 0 Å². The molecule has 2 rings (SSSR count). The lowest BCUT2D eigenvalue weighted by atomic mass is 9.96. The molecule has 1 aliphatic rings. The van der Waals surface area contributed by atoms with Gasteiger partial charge in [0.05, 0.1) is 0 Å². The van der Waals surface area contributed by atoms with Crippen molar-refractivity contribution in [3.8, 4) is 0 Å². The van der Waals surface area contributed by atoms with Crippen molar-refractivity contribution in [2.45, 2.75) is 51.1 Å². The van der Waals surface area contributed by atoms with Gasteiger partial charge in [0.1, 0.15) is 11.6 Å². The minimum absolute atomic E-state index is 0.000573. The van der Waals surface area contributed by atoms with Crippen molar-refractivity contribution in [2.75, 3.05) is 7.05 Å². The van der Waals surface area contributed by atoms with E-state index in [4.69, 9.17) is 0 Å². The smallest absolute Gasteiger partial charge is 0.207 e. The zero-order valence-corrected chi connectivity index (χ0v) is 13.7. The molecule has 7 heteroatoms. The Morgan fingerprint density at radius 2 is 1.86 bits per heavy atom. The molecule has 0 bridgehead atoms. The van der Waals surface area contributed by atoms with Crippen LogP contribution in [0.1, 0.15) is 50.6 Å². The van der Waals surface area contributed by atoms with Crippen LogP contribution in [0.4, 0.5) is 8.78 Å². The molecule has 1 saturated carbocycles. The number of halogens is 2. The van der Waals surface area contributed by atoms with E-state index in [9.17, 15) is 17.2 Å².